The molecule has 1 aromatic carbocycles. The molecule has 0 amide bonds. The third-order valence-corrected chi connectivity index (χ3v) is 5.12. The first-order valence-corrected chi connectivity index (χ1v) is 9.39. The molecule has 8 heteroatoms. The van der Waals surface area contributed by atoms with Crippen LogP contribution in [0.25, 0.3) is 0 Å². The van der Waals surface area contributed by atoms with Gasteiger partial charge in [0.05, 0.1) is 11.9 Å². The van der Waals surface area contributed by atoms with E-state index in [2.05, 4.69) is 20.6 Å². The maximum atomic E-state index is 11.2. The van der Waals surface area contributed by atoms with Crippen molar-refractivity contribution >= 4 is 17.5 Å². The number of nitrogens with one attached hydrogen (secondary N) is 3. The molecule has 0 unspecified atom stereocenters. The van der Waals surface area contributed by atoms with Crippen LogP contribution in [0.15, 0.2) is 30.5 Å². The first-order chi connectivity index (χ1) is 13.2. The summed E-state index contributed by atoms with van der Waals surface area (Å²) in [5.41, 5.74) is 8.88. The minimum absolute atomic E-state index is 0.216. The number of nitrogens with zero attached hydrogens (tertiary/aromatic N) is 2. The molecule has 2 aromatic rings. The minimum atomic E-state index is 0.216. The van der Waals surface area contributed by atoms with Gasteiger partial charge in [0.1, 0.15) is 5.75 Å². The van der Waals surface area contributed by atoms with Gasteiger partial charge in [-0.2, -0.15) is 4.98 Å². The summed E-state index contributed by atoms with van der Waals surface area (Å²) >= 11 is 0. The lowest BCUT2D eigenvalue weighted by molar-refractivity contribution is 0.289. The van der Waals surface area contributed by atoms with E-state index in [1.807, 2.05) is 11.5 Å². The van der Waals surface area contributed by atoms with Gasteiger partial charge in [0.25, 0.3) is 0 Å². The molecule has 1 fully saturated rings. The van der Waals surface area contributed by atoms with E-state index in [1.165, 1.54) is 6.20 Å². The molecule has 1 heterocycles. The molecule has 0 spiro atoms. The Hall–Kier alpha value is -2.58. The number of hydrogen-bond acceptors (Lipinski definition) is 8. The molecule has 146 valence electrons. The van der Waals surface area contributed by atoms with Crippen LogP contribution in [0.2, 0.25) is 0 Å². The maximum Gasteiger partial charge on any atom is 0.225 e. The van der Waals surface area contributed by atoms with Gasteiger partial charge in [-0.3, -0.25) is 0 Å². The van der Waals surface area contributed by atoms with Gasteiger partial charge >= 0.3 is 0 Å². The summed E-state index contributed by atoms with van der Waals surface area (Å²) in [6, 6.07) is 6.98. The van der Waals surface area contributed by atoms with Crippen molar-refractivity contribution in [2.24, 2.45) is 17.6 Å². The molecule has 0 atom stereocenters. The van der Waals surface area contributed by atoms with Gasteiger partial charge in [-0.25, -0.2) is 4.98 Å². The molecular weight excluding hydrogens is 344 g/mol. The van der Waals surface area contributed by atoms with Crippen LogP contribution in [-0.4, -0.2) is 28.2 Å². The molecule has 0 radical (unpaired) electrons. The highest BCUT2D eigenvalue weighted by Crippen LogP contribution is 2.29. The number of aromatic nitrogens is 2. The van der Waals surface area contributed by atoms with Crippen molar-refractivity contribution in [1.82, 2.24) is 9.97 Å². The summed E-state index contributed by atoms with van der Waals surface area (Å²) in [5, 5.41) is 27.1. The highest BCUT2D eigenvalue weighted by molar-refractivity contribution is 5.65. The Morgan fingerprint density at radius 3 is 2.63 bits per heavy atom. The van der Waals surface area contributed by atoms with E-state index in [0.29, 0.717) is 35.8 Å². The number of phenols is 1. The van der Waals surface area contributed by atoms with Crippen molar-refractivity contribution in [2.45, 2.75) is 32.2 Å². The van der Waals surface area contributed by atoms with Crippen molar-refractivity contribution in [3.63, 3.8) is 0 Å². The maximum absolute atomic E-state index is 11.2. The molecule has 1 saturated carbocycles. The second-order valence-electron chi connectivity index (χ2n) is 7.08. The number of nitrogens with two attached hydrogens (primary N) is 1. The first-order valence-electron chi connectivity index (χ1n) is 9.39. The van der Waals surface area contributed by atoms with Gasteiger partial charge in [0, 0.05) is 13.1 Å². The second kappa shape index (κ2) is 9.38. The molecular formula is C19H27N6O2-. The second-order valence-corrected chi connectivity index (χ2v) is 7.08. The van der Waals surface area contributed by atoms with Crippen molar-refractivity contribution in [2.75, 3.05) is 29.2 Å². The van der Waals surface area contributed by atoms with Gasteiger partial charge in [0.15, 0.2) is 5.82 Å². The van der Waals surface area contributed by atoms with Crippen LogP contribution < -0.4 is 21.8 Å². The summed E-state index contributed by atoms with van der Waals surface area (Å²) in [4.78, 5) is 8.58. The van der Waals surface area contributed by atoms with Gasteiger partial charge in [-0.15, -0.1) is 0 Å². The lowest BCUT2D eigenvalue weighted by Gasteiger charge is -2.28. The quantitative estimate of drug-likeness (QED) is 0.448. The van der Waals surface area contributed by atoms with E-state index in [0.717, 1.165) is 44.3 Å². The monoisotopic (exact) mass is 371 g/mol. The zero-order chi connectivity index (χ0) is 19.1. The van der Waals surface area contributed by atoms with E-state index < -0.39 is 0 Å². The van der Waals surface area contributed by atoms with Crippen LogP contribution in [0.3, 0.4) is 0 Å². The van der Waals surface area contributed by atoms with Crippen LogP contribution in [0.5, 0.6) is 5.75 Å². The summed E-state index contributed by atoms with van der Waals surface area (Å²) in [6.45, 7) is 2.01. The normalized spacial score (nSPS) is 19.5. The third-order valence-electron chi connectivity index (χ3n) is 5.12. The minimum Gasteiger partial charge on any atom is -0.761 e. The Bertz CT molecular complexity index is 734. The highest BCUT2D eigenvalue weighted by Gasteiger charge is 2.20. The number of rotatable bonds is 8. The zero-order valence-corrected chi connectivity index (χ0v) is 15.3. The SMILES string of the molecule is NCC1CCC(CNc2nc(NCc3cccc(O)c3)ncc2N[O-])CC1. The van der Waals surface area contributed by atoms with Crippen molar-refractivity contribution in [3.8, 4) is 5.75 Å². The van der Waals surface area contributed by atoms with Gasteiger partial charge in [-0.1, -0.05) is 12.1 Å². The first kappa shape index (κ1) is 19.2. The summed E-state index contributed by atoms with van der Waals surface area (Å²) in [6.07, 6.45) is 6.08. The number of benzene rings is 1. The molecule has 0 saturated heterocycles. The standard InChI is InChI=1S/C19H27N6O2/c20-9-13-4-6-14(7-5-13)10-21-18-17(25-27)12-23-19(24-18)22-11-15-2-1-3-16(26)8-15/h1-3,8,12-14,25-26H,4-7,9-11,20H2,(H2,21,22,23,24)/q-1. The smallest absolute Gasteiger partial charge is 0.225 e. The fourth-order valence-corrected chi connectivity index (χ4v) is 3.44. The summed E-state index contributed by atoms with van der Waals surface area (Å²) < 4.78 is 0. The van der Waals surface area contributed by atoms with Gasteiger partial charge < -0.3 is 32.2 Å². The van der Waals surface area contributed by atoms with Crippen LogP contribution in [0.1, 0.15) is 31.2 Å². The zero-order valence-electron chi connectivity index (χ0n) is 15.3. The molecule has 27 heavy (non-hydrogen) atoms. The summed E-state index contributed by atoms with van der Waals surface area (Å²) in [7, 11) is 0. The van der Waals surface area contributed by atoms with Crippen molar-refractivity contribution in [1.29, 1.82) is 0 Å². The predicted octanol–water partition coefficient (Wildman–Crippen LogP) is 2.88. The number of phenolic OH excluding ortho intramolecular Hbond substituents is 1. The lowest BCUT2D eigenvalue weighted by atomic mass is 9.82. The fraction of sp³-hybridized carbons (Fsp3) is 0.474. The Labute approximate surface area is 159 Å². The van der Waals surface area contributed by atoms with Crippen molar-refractivity contribution in [3.05, 3.63) is 41.2 Å². The van der Waals surface area contributed by atoms with Crippen LogP contribution in [-0.2, 0) is 6.54 Å². The topological polar surface area (TPSA) is 131 Å². The van der Waals surface area contributed by atoms with E-state index >= 15 is 0 Å². The Kier molecular flexibility index (Phi) is 6.67. The Morgan fingerprint density at radius 2 is 1.93 bits per heavy atom. The van der Waals surface area contributed by atoms with Crippen LogP contribution >= 0.6 is 0 Å². The van der Waals surface area contributed by atoms with Crippen LogP contribution in [0.4, 0.5) is 17.5 Å². The molecule has 1 aliphatic carbocycles. The highest BCUT2D eigenvalue weighted by atomic mass is 16.5. The molecule has 0 aliphatic heterocycles. The Morgan fingerprint density at radius 1 is 1.15 bits per heavy atom. The van der Waals surface area contributed by atoms with Crippen molar-refractivity contribution < 1.29 is 5.11 Å². The Balaban J connectivity index is 1.58. The molecule has 1 aliphatic rings. The molecule has 1 aromatic heterocycles. The van der Waals surface area contributed by atoms with E-state index in [4.69, 9.17) is 5.73 Å². The molecule has 3 rings (SSSR count). The van der Waals surface area contributed by atoms with Gasteiger partial charge in [-0.05, 0) is 61.8 Å². The molecule has 0 bridgehead atoms. The largest absolute Gasteiger partial charge is 0.761 e. The lowest BCUT2D eigenvalue weighted by Crippen LogP contribution is -2.25. The van der Waals surface area contributed by atoms with E-state index in [9.17, 15) is 10.3 Å². The fourth-order valence-electron chi connectivity index (χ4n) is 3.44. The van der Waals surface area contributed by atoms with Crippen LogP contribution in [0, 0.1) is 17.0 Å². The van der Waals surface area contributed by atoms with Gasteiger partial charge in [0.2, 0.25) is 5.95 Å². The number of hydrogen-bond donors (Lipinski definition) is 5. The van der Waals surface area contributed by atoms with E-state index in [1.54, 1.807) is 18.2 Å². The third kappa shape index (κ3) is 5.45. The number of anilines is 3. The average Bonchev–Trinajstić information content (AvgIpc) is 2.71. The average molecular weight is 371 g/mol. The molecule has 8 nitrogen and oxygen atoms in total. The van der Waals surface area contributed by atoms with E-state index in [-0.39, 0.29) is 5.75 Å². The molecule has 6 N–H and O–H groups in total. The predicted molar refractivity (Wildman–Crippen MR) is 107 cm³/mol. The summed E-state index contributed by atoms with van der Waals surface area (Å²) in [5.74, 6) is 2.34. The number of aromatic hydroxyl groups is 1.